The van der Waals surface area contributed by atoms with Crippen molar-refractivity contribution in [2.24, 2.45) is 5.41 Å². The van der Waals surface area contributed by atoms with E-state index in [0.29, 0.717) is 11.8 Å². The van der Waals surface area contributed by atoms with Gasteiger partial charge in [-0.2, -0.15) is 0 Å². The van der Waals surface area contributed by atoms with Crippen molar-refractivity contribution in [3.8, 4) is 0 Å². The molecular weight excluding hydrogens is 178 g/mol. The van der Waals surface area contributed by atoms with Gasteiger partial charge >= 0.3 is 0 Å². The van der Waals surface area contributed by atoms with E-state index in [0.717, 1.165) is 26.0 Å². The largest absolute Gasteiger partial charge is 0.385 e. The summed E-state index contributed by atoms with van der Waals surface area (Å²) in [4.78, 5) is 11.2. The van der Waals surface area contributed by atoms with E-state index in [1.807, 2.05) is 6.92 Å². The Morgan fingerprint density at radius 2 is 2.21 bits per heavy atom. The Hall–Kier alpha value is -0.570. The van der Waals surface area contributed by atoms with Crippen LogP contribution in [0.15, 0.2) is 0 Å². The Balaban J connectivity index is 2.13. The molecular formula is C11H21NO2. The molecule has 0 bridgehead atoms. The molecule has 0 heterocycles. The molecule has 0 unspecified atom stereocenters. The van der Waals surface area contributed by atoms with Crippen LogP contribution in [-0.2, 0) is 9.53 Å². The molecule has 3 nitrogen and oxygen atoms in total. The van der Waals surface area contributed by atoms with Crippen LogP contribution in [-0.4, -0.2) is 26.2 Å². The summed E-state index contributed by atoms with van der Waals surface area (Å²) in [6.07, 6.45) is 5.14. The summed E-state index contributed by atoms with van der Waals surface area (Å²) < 4.78 is 5.06. The topological polar surface area (TPSA) is 38.3 Å². The Kier molecular flexibility index (Phi) is 4.39. The van der Waals surface area contributed by atoms with Gasteiger partial charge in [0.25, 0.3) is 0 Å². The second-order valence-electron chi connectivity index (χ2n) is 4.27. The van der Waals surface area contributed by atoms with Crippen LogP contribution < -0.4 is 5.32 Å². The molecule has 0 aliphatic heterocycles. The van der Waals surface area contributed by atoms with E-state index in [1.54, 1.807) is 7.11 Å². The van der Waals surface area contributed by atoms with E-state index in [2.05, 4.69) is 5.32 Å². The van der Waals surface area contributed by atoms with E-state index in [4.69, 9.17) is 4.74 Å². The molecule has 0 aromatic rings. The smallest absolute Gasteiger partial charge is 0.220 e. The second-order valence-corrected chi connectivity index (χ2v) is 4.27. The molecule has 82 valence electrons. The minimum atomic E-state index is 0.191. The highest BCUT2D eigenvalue weighted by atomic mass is 16.5. The standard InChI is InChI=1S/C11H21NO2/c1-3-4-10(13)12-9-11(5-6-11)7-8-14-2/h3-9H2,1-2H3,(H,12,13). The second kappa shape index (κ2) is 5.35. The van der Waals surface area contributed by atoms with Crippen LogP contribution in [0.5, 0.6) is 0 Å². The lowest BCUT2D eigenvalue weighted by atomic mass is 10.0. The van der Waals surface area contributed by atoms with Crippen LogP contribution in [0.4, 0.5) is 0 Å². The molecule has 14 heavy (non-hydrogen) atoms. The van der Waals surface area contributed by atoms with Crippen LogP contribution in [0.1, 0.15) is 39.0 Å². The molecule has 1 N–H and O–H groups in total. The van der Waals surface area contributed by atoms with Gasteiger partial charge < -0.3 is 10.1 Å². The molecule has 0 spiro atoms. The number of ether oxygens (including phenoxy) is 1. The lowest BCUT2D eigenvalue weighted by Gasteiger charge is -2.15. The third kappa shape index (κ3) is 3.66. The highest BCUT2D eigenvalue weighted by Gasteiger charge is 2.41. The summed E-state index contributed by atoms with van der Waals surface area (Å²) in [5.41, 5.74) is 0.374. The van der Waals surface area contributed by atoms with E-state index >= 15 is 0 Å². The molecule has 0 atom stereocenters. The van der Waals surface area contributed by atoms with E-state index in [1.165, 1.54) is 12.8 Å². The van der Waals surface area contributed by atoms with Gasteiger partial charge in [-0.1, -0.05) is 6.92 Å². The summed E-state index contributed by atoms with van der Waals surface area (Å²) in [5, 5.41) is 3.00. The molecule has 1 saturated carbocycles. The van der Waals surface area contributed by atoms with Gasteiger partial charge in [-0.3, -0.25) is 4.79 Å². The molecule has 0 saturated heterocycles. The van der Waals surface area contributed by atoms with Crippen LogP contribution in [0.3, 0.4) is 0 Å². The van der Waals surface area contributed by atoms with Crippen LogP contribution in [0.2, 0.25) is 0 Å². The fraction of sp³-hybridized carbons (Fsp3) is 0.909. The van der Waals surface area contributed by atoms with Gasteiger partial charge in [0.05, 0.1) is 0 Å². The normalized spacial score (nSPS) is 17.9. The highest BCUT2D eigenvalue weighted by Crippen LogP contribution is 2.48. The number of hydrogen-bond acceptors (Lipinski definition) is 2. The maximum Gasteiger partial charge on any atom is 0.220 e. The highest BCUT2D eigenvalue weighted by molar-refractivity contribution is 5.75. The fourth-order valence-electron chi connectivity index (χ4n) is 1.61. The lowest BCUT2D eigenvalue weighted by molar-refractivity contribution is -0.121. The Morgan fingerprint density at radius 3 is 2.71 bits per heavy atom. The lowest BCUT2D eigenvalue weighted by Crippen LogP contribution is -2.30. The van der Waals surface area contributed by atoms with E-state index in [9.17, 15) is 4.79 Å². The van der Waals surface area contributed by atoms with Gasteiger partial charge in [0.1, 0.15) is 0 Å². The zero-order valence-electron chi connectivity index (χ0n) is 9.27. The zero-order valence-corrected chi connectivity index (χ0v) is 9.27. The Morgan fingerprint density at radius 1 is 1.50 bits per heavy atom. The van der Waals surface area contributed by atoms with Crippen LogP contribution in [0.25, 0.3) is 0 Å². The molecule has 1 fully saturated rings. The minimum Gasteiger partial charge on any atom is -0.385 e. The number of carbonyl (C=O) groups is 1. The maximum atomic E-state index is 11.2. The molecule has 3 heteroatoms. The number of carbonyl (C=O) groups excluding carboxylic acids is 1. The molecule has 0 aromatic carbocycles. The Labute approximate surface area is 86.2 Å². The van der Waals surface area contributed by atoms with Crippen molar-refractivity contribution >= 4 is 5.91 Å². The molecule has 1 aliphatic carbocycles. The van der Waals surface area contributed by atoms with Gasteiger partial charge in [-0.25, -0.2) is 0 Å². The predicted octanol–water partition coefficient (Wildman–Crippen LogP) is 1.72. The molecule has 1 amide bonds. The summed E-state index contributed by atoms with van der Waals surface area (Å²) in [6, 6.07) is 0. The number of hydrogen-bond donors (Lipinski definition) is 1. The van der Waals surface area contributed by atoms with E-state index in [-0.39, 0.29) is 5.91 Å². The van der Waals surface area contributed by atoms with Crippen LogP contribution >= 0.6 is 0 Å². The van der Waals surface area contributed by atoms with Crippen molar-refractivity contribution in [1.29, 1.82) is 0 Å². The SMILES string of the molecule is CCCC(=O)NCC1(CCOC)CC1. The summed E-state index contributed by atoms with van der Waals surface area (Å²) in [6.45, 7) is 3.68. The van der Waals surface area contributed by atoms with Crippen molar-refractivity contribution in [2.45, 2.75) is 39.0 Å². The first-order valence-corrected chi connectivity index (χ1v) is 5.48. The molecule has 0 aromatic heterocycles. The van der Waals surface area contributed by atoms with Crippen LogP contribution in [0, 0.1) is 5.41 Å². The summed E-state index contributed by atoms with van der Waals surface area (Å²) in [5.74, 6) is 0.191. The predicted molar refractivity (Wildman–Crippen MR) is 56.1 cm³/mol. The zero-order chi connectivity index (χ0) is 10.4. The number of amides is 1. The minimum absolute atomic E-state index is 0.191. The monoisotopic (exact) mass is 199 g/mol. The average Bonchev–Trinajstić information content (AvgIpc) is 2.93. The summed E-state index contributed by atoms with van der Waals surface area (Å²) in [7, 11) is 1.73. The van der Waals surface area contributed by atoms with Crippen molar-refractivity contribution in [1.82, 2.24) is 5.32 Å². The first-order chi connectivity index (χ1) is 6.72. The number of methoxy groups -OCH3 is 1. The van der Waals surface area contributed by atoms with Gasteiger partial charge in [0, 0.05) is 26.7 Å². The van der Waals surface area contributed by atoms with Crippen molar-refractivity contribution in [3.63, 3.8) is 0 Å². The average molecular weight is 199 g/mol. The Bertz CT molecular complexity index is 188. The van der Waals surface area contributed by atoms with Gasteiger partial charge in [-0.15, -0.1) is 0 Å². The van der Waals surface area contributed by atoms with Gasteiger partial charge in [0.2, 0.25) is 5.91 Å². The van der Waals surface area contributed by atoms with E-state index < -0.39 is 0 Å². The maximum absolute atomic E-state index is 11.2. The number of rotatable bonds is 7. The third-order valence-electron chi connectivity index (χ3n) is 2.93. The van der Waals surface area contributed by atoms with Crippen molar-refractivity contribution in [2.75, 3.05) is 20.3 Å². The number of nitrogens with one attached hydrogen (secondary N) is 1. The summed E-state index contributed by atoms with van der Waals surface area (Å²) >= 11 is 0. The van der Waals surface area contributed by atoms with Crippen molar-refractivity contribution in [3.05, 3.63) is 0 Å². The molecule has 1 aliphatic rings. The first-order valence-electron chi connectivity index (χ1n) is 5.48. The van der Waals surface area contributed by atoms with Gasteiger partial charge in [0.15, 0.2) is 0 Å². The van der Waals surface area contributed by atoms with Crippen molar-refractivity contribution < 1.29 is 9.53 Å². The first kappa shape index (κ1) is 11.5. The quantitative estimate of drug-likeness (QED) is 0.678. The molecule has 1 rings (SSSR count). The van der Waals surface area contributed by atoms with Gasteiger partial charge in [-0.05, 0) is 31.1 Å². The third-order valence-corrected chi connectivity index (χ3v) is 2.93. The molecule has 0 radical (unpaired) electrons. The fourth-order valence-corrected chi connectivity index (χ4v) is 1.61.